The van der Waals surface area contributed by atoms with E-state index in [1.807, 2.05) is 0 Å². The summed E-state index contributed by atoms with van der Waals surface area (Å²) in [6, 6.07) is 19.3. The van der Waals surface area contributed by atoms with Crippen LogP contribution in [0.5, 0.6) is 0 Å². The van der Waals surface area contributed by atoms with Crippen LogP contribution in [0.3, 0.4) is 0 Å². The van der Waals surface area contributed by atoms with Gasteiger partial charge in [-0.05, 0) is 46.9 Å². The van der Waals surface area contributed by atoms with Crippen LogP contribution in [0.25, 0.3) is 0 Å². The van der Waals surface area contributed by atoms with Crippen LogP contribution in [0.4, 0.5) is 0 Å². The highest BCUT2D eigenvalue weighted by Crippen LogP contribution is 2.35. The van der Waals surface area contributed by atoms with Crippen LogP contribution in [-0.4, -0.2) is 0 Å². The van der Waals surface area contributed by atoms with Crippen LogP contribution in [0.2, 0.25) is 0 Å². The van der Waals surface area contributed by atoms with Gasteiger partial charge in [0.2, 0.25) is 0 Å². The van der Waals surface area contributed by atoms with Crippen molar-refractivity contribution in [2.24, 2.45) is 0 Å². The van der Waals surface area contributed by atoms with Crippen LogP contribution >= 0.6 is 0 Å². The number of nitrogens with one attached hydrogen (secondary N) is 1. The molecule has 0 aliphatic carbocycles. The summed E-state index contributed by atoms with van der Waals surface area (Å²) in [5.41, 5.74) is 5.70. The van der Waals surface area contributed by atoms with Gasteiger partial charge in [0.15, 0.2) is 0 Å². The lowest BCUT2D eigenvalue weighted by Crippen LogP contribution is -2.17. The Morgan fingerprint density at radius 3 is 1.30 bits per heavy atom. The number of benzene rings is 2. The third-order valence-corrected chi connectivity index (χ3v) is 5.16. The molecule has 1 saturated heterocycles. The molecule has 3 rings (SSSR count). The Hall–Kier alpha value is -1.60. The van der Waals surface area contributed by atoms with Crippen LogP contribution in [0, 0.1) is 0 Å². The van der Waals surface area contributed by atoms with Crippen LogP contribution < -0.4 is 5.32 Å². The van der Waals surface area contributed by atoms with E-state index in [1.54, 1.807) is 0 Å². The van der Waals surface area contributed by atoms with Crippen LogP contribution in [-0.2, 0) is 0 Å². The van der Waals surface area contributed by atoms with Crippen LogP contribution in [0.15, 0.2) is 48.5 Å². The van der Waals surface area contributed by atoms with Gasteiger partial charge in [-0.25, -0.2) is 0 Å². The van der Waals surface area contributed by atoms with Gasteiger partial charge in [-0.3, -0.25) is 0 Å². The fourth-order valence-electron chi connectivity index (χ4n) is 3.50. The van der Waals surface area contributed by atoms with Crippen molar-refractivity contribution in [3.8, 4) is 0 Å². The second kappa shape index (κ2) is 6.88. The highest BCUT2D eigenvalue weighted by molar-refractivity contribution is 5.31. The molecule has 0 saturated carbocycles. The molecule has 0 amide bonds. The molecule has 0 bridgehead atoms. The predicted molar refractivity (Wildman–Crippen MR) is 98.9 cm³/mol. The Balaban J connectivity index is 1.68. The maximum Gasteiger partial charge on any atom is 0.0326 e. The second-order valence-corrected chi connectivity index (χ2v) is 7.49. The van der Waals surface area contributed by atoms with E-state index in [-0.39, 0.29) is 0 Å². The van der Waals surface area contributed by atoms with Crippen molar-refractivity contribution in [2.45, 2.75) is 64.5 Å². The monoisotopic (exact) mass is 307 g/mol. The molecule has 122 valence electrons. The minimum Gasteiger partial charge on any atom is -0.303 e. The molecule has 1 aliphatic heterocycles. The molecule has 1 heterocycles. The zero-order valence-electron chi connectivity index (χ0n) is 14.8. The summed E-state index contributed by atoms with van der Waals surface area (Å²) in [5.74, 6) is 1.21. The van der Waals surface area contributed by atoms with E-state index in [9.17, 15) is 0 Å². The fraction of sp³-hybridized carbons (Fsp3) is 0.455. The van der Waals surface area contributed by atoms with E-state index in [0.717, 1.165) is 0 Å². The minimum atomic E-state index is 0.492. The van der Waals surface area contributed by atoms with Crippen LogP contribution in [0.1, 0.15) is 86.7 Å². The molecule has 0 spiro atoms. The lowest BCUT2D eigenvalue weighted by atomic mass is 9.98. The standard InChI is InChI=1S/C22H29N/c1-15(2)17-5-9-19(10-6-17)21-13-14-22(23-21)20-11-7-18(8-12-20)16(3)4/h5-12,15-16,21-23H,13-14H2,1-4H3. The quantitative estimate of drug-likeness (QED) is 0.719. The van der Waals surface area contributed by atoms with E-state index < -0.39 is 0 Å². The molecular weight excluding hydrogens is 278 g/mol. The molecular formula is C22H29N. The molecule has 1 fully saturated rings. The highest BCUT2D eigenvalue weighted by Gasteiger charge is 2.25. The first-order chi connectivity index (χ1) is 11.0. The number of rotatable bonds is 4. The van der Waals surface area contributed by atoms with Gasteiger partial charge in [-0.1, -0.05) is 76.2 Å². The summed E-state index contributed by atoms with van der Waals surface area (Å²) in [7, 11) is 0. The van der Waals surface area contributed by atoms with Crippen molar-refractivity contribution in [1.82, 2.24) is 5.32 Å². The maximum absolute atomic E-state index is 3.82. The molecule has 0 radical (unpaired) electrons. The topological polar surface area (TPSA) is 12.0 Å². The first-order valence-corrected chi connectivity index (χ1v) is 9.00. The zero-order valence-corrected chi connectivity index (χ0v) is 14.8. The largest absolute Gasteiger partial charge is 0.303 e. The second-order valence-electron chi connectivity index (χ2n) is 7.49. The summed E-state index contributed by atoms with van der Waals surface area (Å²) in [6.07, 6.45) is 2.44. The molecule has 1 N–H and O–H groups in total. The summed E-state index contributed by atoms with van der Waals surface area (Å²) < 4.78 is 0. The average Bonchev–Trinajstić information content (AvgIpc) is 3.05. The Kier molecular flexibility index (Phi) is 4.87. The normalized spacial score (nSPS) is 21.3. The maximum atomic E-state index is 3.82. The van der Waals surface area contributed by atoms with E-state index >= 15 is 0 Å². The lowest BCUT2D eigenvalue weighted by Gasteiger charge is -2.17. The molecule has 1 aliphatic rings. The van der Waals surface area contributed by atoms with E-state index in [0.29, 0.717) is 23.9 Å². The van der Waals surface area contributed by atoms with Crippen molar-refractivity contribution in [3.63, 3.8) is 0 Å². The first kappa shape index (κ1) is 16.3. The molecule has 2 aromatic rings. The Morgan fingerprint density at radius 2 is 1.00 bits per heavy atom. The smallest absolute Gasteiger partial charge is 0.0326 e. The van der Waals surface area contributed by atoms with Gasteiger partial charge in [0, 0.05) is 12.1 Å². The van der Waals surface area contributed by atoms with Crippen molar-refractivity contribution >= 4 is 0 Å². The highest BCUT2D eigenvalue weighted by atomic mass is 15.0. The molecule has 2 aromatic carbocycles. The summed E-state index contributed by atoms with van der Waals surface area (Å²) in [6.45, 7) is 9.00. The van der Waals surface area contributed by atoms with Crippen molar-refractivity contribution in [3.05, 3.63) is 70.8 Å². The van der Waals surface area contributed by atoms with Gasteiger partial charge in [-0.15, -0.1) is 0 Å². The molecule has 2 atom stereocenters. The average molecular weight is 307 g/mol. The first-order valence-electron chi connectivity index (χ1n) is 9.00. The van der Waals surface area contributed by atoms with Crippen molar-refractivity contribution in [2.75, 3.05) is 0 Å². The van der Waals surface area contributed by atoms with E-state index in [1.165, 1.54) is 35.1 Å². The summed E-state index contributed by atoms with van der Waals surface area (Å²) in [4.78, 5) is 0. The molecule has 23 heavy (non-hydrogen) atoms. The summed E-state index contributed by atoms with van der Waals surface area (Å²) >= 11 is 0. The van der Waals surface area contributed by atoms with Gasteiger partial charge < -0.3 is 5.32 Å². The molecule has 1 heteroatoms. The fourth-order valence-corrected chi connectivity index (χ4v) is 3.50. The zero-order chi connectivity index (χ0) is 16.4. The molecule has 1 nitrogen and oxygen atoms in total. The van der Waals surface area contributed by atoms with E-state index in [4.69, 9.17) is 0 Å². The minimum absolute atomic E-state index is 0.492. The van der Waals surface area contributed by atoms with Crippen molar-refractivity contribution < 1.29 is 0 Å². The van der Waals surface area contributed by atoms with Crippen molar-refractivity contribution in [1.29, 1.82) is 0 Å². The van der Waals surface area contributed by atoms with Gasteiger partial charge in [0.05, 0.1) is 0 Å². The number of hydrogen-bond acceptors (Lipinski definition) is 1. The lowest BCUT2D eigenvalue weighted by molar-refractivity contribution is 0.574. The van der Waals surface area contributed by atoms with Gasteiger partial charge in [-0.2, -0.15) is 0 Å². The van der Waals surface area contributed by atoms with E-state index in [2.05, 4.69) is 81.5 Å². The molecule has 0 aromatic heterocycles. The Bertz CT molecular complexity index is 565. The van der Waals surface area contributed by atoms with Gasteiger partial charge in [0.25, 0.3) is 0 Å². The SMILES string of the molecule is CC(C)c1ccc(C2CCC(c3ccc(C(C)C)cc3)N2)cc1. The third-order valence-electron chi connectivity index (χ3n) is 5.16. The third kappa shape index (κ3) is 3.67. The van der Waals surface area contributed by atoms with Gasteiger partial charge in [0.1, 0.15) is 0 Å². The Labute approximate surface area is 141 Å². The summed E-state index contributed by atoms with van der Waals surface area (Å²) in [5, 5.41) is 3.82. The number of hydrogen-bond donors (Lipinski definition) is 1. The van der Waals surface area contributed by atoms with Gasteiger partial charge >= 0.3 is 0 Å². The predicted octanol–water partition coefficient (Wildman–Crippen LogP) is 6.10. The Morgan fingerprint density at radius 1 is 0.652 bits per heavy atom. The molecule has 2 unspecified atom stereocenters.